The Morgan fingerprint density at radius 1 is 0.821 bits per heavy atom. The Hall–Kier alpha value is -3.02. The minimum absolute atomic E-state index is 0.127. The number of benzene rings is 2. The molecule has 0 aliphatic carbocycles. The standard InChI is InChI=1S/C22H28N2O4/c1-4-12-27-20-11-10-19(15-21(20)28-13-5-2)24-22(26)14-17-6-8-18(9-7-17)23-16(3)25/h6-11,15H,4-5,12-14H2,1-3H3,(H,23,25)(H,24,26). The molecule has 0 fully saturated rings. The van der Waals surface area contributed by atoms with Crippen molar-refractivity contribution in [3.8, 4) is 11.5 Å². The first-order valence-electron chi connectivity index (χ1n) is 9.57. The fraction of sp³-hybridized carbons (Fsp3) is 0.364. The summed E-state index contributed by atoms with van der Waals surface area (Å²) in [5.41, 5.74) is 2.23. The average Bonchev–Trinajstić information content (AvgIpc) is 2.66. The zero-order valence-corrected chi connectivity index (χ0v) is 16.7. The SMILES string of the molecule is CCCOc1ccc(NC(=O)Cc2ccc(NC(C)=O)cc2)cc1OCCC. The second-order valence-electron chi connectivity index (χ2n) is 6.46. The first-order chi connectivity index (χ1) is 13.5. The van der Waals surface area contributed by atoms with E-state index >= 15 is 0 Å². The topological polar surface area (TPSA) is 76.7 Å². The molecular weight excluding hydrogens is 356 g/mol. The van der Waals surface area contributed by atoms with Crippen LogP contribution < -0.4 is 20.1 Å². The number of rotatable bonds is 10. The van der Waals surface area contributed by atoms with Crippen molar-refractivity contribution in [2.24, 2.45) is 0 Å². The Morgan fingerprint density at radius 3 is 2.04 bits per heavy atom. The van der Waals surface area contributed by atoms with E-state index in [-0.39, 0.29) is 18.2 Å². The minimum atomic E-state index is -0.129. The van der Waals surface area contributed by atoms with E-state index < -0.39 is 0 Å². The van der Waals surface area contributed by atoms with Crippen LogP contribution in [0.4, 0.5) is 11.4 Å². The summed E-state index contributed by atoms with van der Waals surface area (Å²) < 4.78 is 11.5. The molecule has 2 amide bonds. The molecule has 0 aliphatic rings. The highest BCUT2D eigenvalue weighted by atomic mass is 16.5. The molecule has 150 valence electrons. The smallest absolute Gasteiger partial charge is 0.228 e. The third-order valence-electron chi connectivity index (χ3n) is 3.79. The number of hydrogen-bond donors (Lipinski definition) is 2. The molecule has 0 heterocycles. The highest BCUT2D eigenvalue weighted by molar-refractivity contribution is 5.93. The molecule has 28 heavy (non-hydrogen) atoms. The summed E-state index contributed by atoms with van der Waals surface area (Å²) in [4.78, 5) is 23.4. The summed E-state index contributed by atoms with van der Waals surface area (Å²) >= 11 is 0. The second kappa shape index (κ2) is 11.0. The van der Waals surface area contributed by atoms with Crippen LogP contribution in [0.2, 0.25) is 0 Å². The Morgan fingerprint density at radius 2 is 1.43 bits per heavy atom. The number of carbonyl (C=O) groups is 2. The van der Waals surface area contributed by atoms with Crippen molar-refractivity contribution < 1.29 is 19.1 Å². The number of carbonyl (C=O) groups excluding carboxylic acids is 2. The van der Waals surface area contributed by atoms with Crippen molar-refractivity contribution in [2.75, 3.05) is 23.8 Å². The van der Waals surface area contributed by atoms with Gasteiger partial charge in [-0.05, 0) is 42.7 Å². The number of ether oxygens (including phenoxy) is 2. The van der Waals surface area contributed by atoms with Crippen molar-refractivity contribution in [3.63, 3.8) is 0 Å². The van der Waals surface area contributed by atoms with E-state index in [1.165, 1.54) is 6.92 Å². The van der Waals surface area contributed by atoms with Crippen LogP contribution in [-0.4, -0.2) is 25.0 Å². The lowest BCUT2D eigenvalue weighted by atomic mass is 10.1. The second-order valence-corrected chi connectivity index (χ2v) is 6.46. The zero-order valence-electron chi connectivity index (χ0n) is 16.7. The van der Waals surface area contributed by atoms with Gasteiger partial charge in [-0.25, -0.2) is 0 Å². The summed E-state index contributed by atoms with van der Waals surface area (Å²) in [6.45, 7) is 6.74. The van der Waals surface area contributed by atoms with E-state index in [0.29, 0.717) is 36.1 Å². The molecule has 0 spiro atoms. The van der Waals surface area contributed by atoms with E-state index in [2.05, 4.69) is 10.6 Å². The highest BCUT2D eigenvalue weighted by Gasteiger charge is 2.10. The van der Waals surface area contributed by atoms with Crippen LogP contribution in [0, 0.1) is 0 Å². The van der Waals surface area contributed by atoms with E-state index in [9.17, 15) is 9.59 Å². The normalized spacial score (nSPS) is 10.2. The lowest BCUT2D eigenvalue weighted by Gasteiger charge is -2.14. The Bertz CT molecular complexity index is 788. The molecule has 0 aromatic heterocycles. The Kier molecular flexibility index (Phi) is 8.34. The molecule has 2 aromatic carbocycles. The molecule has 0 atom stereocenters. The fourth-order valence-electron chi connectivity index (χ4n) is 2.54. The summed E-state index contributed by atoms with van der Waals surface area (Å²) in [6.07, 6.45) is 2.03. The van der Waals surface area contributed by atoms with Crippen molar-refractivity contribution in [1.82, 2.24) is 0 Å². The minimum Gasteiger partial charge on any atom is -0.490 e. The average molecular weight is 384 g/mol. The van der Waals surface area contributed by atoms with Gasteiger partial charge in [-0.2, -0.15) is 0 Å². The highest BCUT2D eigenvalue weighted by Crippen LogP contribution is 2.31. The van der Waals surface area contributed by atoms with Crippen LogP contribution in [0.3, 0.4) is 0 Å². The van der Waals surface area contributed by atoms with Crippen molar-refractivity contribution >= 4 is 23.2 Å². The molecular formula is C22H28N2O4. The van der Waals surface area contributed by atoms with Gasteiger partial charge in [-0.15, -0.1) is 0 Å². The van der Waals surface area contributed by atoms with Crippen LogP contribution in [0.25, 0.3) is 0 Å². The van der Waals surface area contributed by atoms with E-state index in [0.717, 1.165) is 18.4 Å². The van der Waals surface area contributed by atoms with E-state index in [1.807, 2.05) is 38.1 Å². The first kappa shape index (κ1) is 21.3. The van der Waals surface area contributed by atoms with Gasteiger partial charge in [0.1, 0.15) is 0 Å². The van der Waals surface area contributed by atoms with Crippen molar-refractivity contribution in [3.05, 3.63) is 48.0 Å². The van der Waals surface area contributed by atoms with E-state index in [1.54, 1.807) is 18.2 Å². The summed E-state index contributed by atoms with van der Waals surface area (Å²) in [5, 5.41) is 5.60. The van der Waals surface area contributed by atoms with Gasteiger partial charge in [0.05, 0.1) is 19.6 Å². The maximum absolute atomic E-state index is 12.4. The summed E-state index contributed by atoms with van der Waals surface area (Å²) in [6, 6.07) is 12.6. The van der Waals surface area contributed by atoms with Crippen molar-refractivity contribution in [1.29, 1.82) is 0 Å². The van der Waals surface area contributed by atoms with Gasteiger partial charge in [0.25, 0.3) is 0 Å². The quantitative estimate of drug-likeness (QED) is 0.636. The maximum atomic E-state index is 12.4. The monoisotopic (exact) mass is 384 g/mol. The van der Waals surface area contributed by atoms with Gasteiger partial charge >= 0.3 is 0 Å². The number of hydrogen-bond acceptors (Lipinski definition) is 4. The third-order valence-corrected chi connectivity index (χ3v) is 3.79. The predicted molar refractivity (Wildman–Crippen MR) is 111 cm³/mol. The van der Waals surface area contributed by atoms with Crippen LogP contribution >= 0.6 is 0 Å². The molecule has 0 saturated carbocycles. The number of anilines is 2. The van der Waals surface area contributed by atoms with Crippen LogP contribution in [0.1, 0.15) is 39.2 Å². The van der Waals surface area contributed by atoms with Gasteiger partial charge in [0, 0.05) is 24.4 Å². The van der Waals surface area contributed by atoms with Crippen molar-refractivity contribution in [2.45, 2.75) is 40.0 Å². The molecule has 0 saturated heterocycles. The van der Waals surface area contributed by atoms with Gasteiger partial charge < -0.3 is 20.1 Å². The molecule has 6 nitrogen and oxygen atoms in total. The van der Waals surface area contributed by atoms with Crippen LogP contribution in [-0.2, 0) is 16.0 Å². The predicted octanol–water partition coefficient (Wildman–Crippen LogP) is 4.40. The first-order valence-corrected chi connectivity index (χ1v) is 9.57. The molecule has 2 rings (SSSR count). The lowest BCUT2D eigenvalue weighted by Crippen LogP contribution is -2.14. The number of nitrogens with one attached hydrogen (secondary N) is 2. The Balaban J connectivity index is 2.00. The molecule has 6 heteroatoms. The van der Waals surface area contributed by atoms with Gasteiger partial charge in [0.2, 0.25) is 11.8 Å². The lowest BCUT2D eigenvalue weighted by molar-refractivity contribution is -0.116. The largest absolute Gasteiger partial charge is 0.490 e. The molecule has 0 aliphatic heterocycles. The van der Waals surface area contributed by atoms with Crippen LogP contribution in [0.5, 0.6) is 11.5 Å². The molecule has 2 aromatic rings. The molecule has 0 radical (unpaired) electrons. The summed E-state index contributed by atoms with van der Waals surface area (Å²) in [7, 11) is 0. The van der Waals surface area contributed by atoms with E-state index in [4.69, 9.17) is 9.47 Å². The van der Waals surface area contributed by atoms with Gasteiger partial charge in [-0.3, -0.25) is 9.59 Å². The van der Waals surface area contributed by atoms with Crippen LogP contribution in [0.15, 0.2) is 42.5 Å². The fourth-order valence-corrected chi connectivity index (χ4v) is 2.54. The van der Waals surface area contributed by atoms with Gasteiger partial charge in [0.15, 0.2) is 11.5 Å². The number of amides is 2. The summed E-state index contributed by atoms with van der Waals surface area (Å²) in [5.74, 6) is 1.06. The third kappa shape index (κ3) is 6.95. The Labute approximate surface area is 166 Å². The molecule has 2 N–H and O–H groups in total. The molecule has 0 bridgehead atoms. The molecule has 0 unspecified atom stereocenters. The maximum Gasteiger partial charge on any atom is 0.228 e. The zero-order chi connectivity index (χ0) is 20.4. The van der Waals surface area contributed by atoms with Gasteiger partial charge in [-0.1, -0.05) is 26.0 Å².